The van der Waals surface area contributed by atoms with Gasteiger partial charge in [-0.25, -0.2) is 0 Å². The maximum Gasteiger partial charge on any atom is 0.119 e. The maximum atomic E-state index is 9.89. The van der Waals surface area contributed by atoms with Crippen LogP contribution in [0.1, 0.15) is 25.7 Å². The monoisotopic (exact) mass is 249 g/mol. The minimum atomic E-state index is -0.368. The van der Waals surface area contributed by atoms with E-state index in [4.69, 9.17) is 4.74 Å². The molecule has 100 valence electrons. The summed E-state index contributed by atoms with van der Waals surface area (Å²) in [5.74, 6) is 0.828. The Balaban J connectivity index is 1.61. The second-order valence-electron chi connectivity index (χ2n) is 4.97. The molecule has 1 aromatic carbocycles. The number of hydrogen-bond donors (Lipinski definition) is 1. The van der Waals surface area contributed by atoms with Crippen molar-refractivity contribution in [1.29, 1.82) is 0 Å². The number of para-hydroxylation sites is 1. The summed E-state index contributed by atoms with van der Waals surface area (Å²) in [5, 5.41) is 9.89. The largest absolute Gasteiger partial charge is 0.491 e. The van der Waals surface area contributed by atoms with Gasteiger partial charge in [0.2, 0.25) is 0 Å². The Morgan fingerprint density at radius 1 is 1.11 bits per heavy atom. The van der Waals surface area contributed by atoms with E-state index in [1.54, 1.807) is 0 Å². The summed E-state index contributed by atoms with van der Waals surface area (Å²) < 4.78 is 5.54. The van der Waals surface area contributed by atoms with E-state index in [9.17, 15) is 5.11 Å². The Bertz CT molecular complexity index is 323. The first-order valence-corrected chi connectivity index (χ1v) is 6.93. The van der Waals surface area contributed by atoms with Crippen LogP contribution in [0.25, 0.3) is 0 Å². The molecular weight excluding hydrogens is 226 g/mol. The smallest absolute Gasteiger partial charge is 0.119 e. The van der Waals surface area contributed by atoms with Gasteiger partial charge < -0.3 is 14.7 Å². The van der Waals surface area contributed by atoms with Crippen LogP contribution < -0.4 is 4.74 Å². The molecule has 3 nitrogen and oxygen atoms in total. The van der Waals surface area contributed by atoms with Gasteiger partial charge in [0.1, 0.15) is 12.4 Å². The Labute approximate surface area is 109 Å². The molecule has 0 radical (unpaired) electrons. The van der Waals surface area contributed by atoms with Gasteiger partial charge in [0.15, 0.2) is 0 Å². The first kappa shape index (κ1) is 13.4. The van der Waals surface area contributed by atoms with Crippen LogP contribution in [0.15, 0.2) is 30.3 Å². The molecule has 0 saturated carbocycles. The fraction of sp³-hybridized carbons (Fsp3) is 0.600. The molecule has 1 saturated heterocycles. The van der Waals surface area contributed by atoms with E-state index in [2.05, 4.69) is 4.90 Å². The van der Waals surface area contributed by atoms with Crippen molar-refractivity contribution in [2.75, 3.05) is 26.2 Å². The predicted molar refractivity (Wildman–Crippen MR) is 72.9 cm³/mol. The summed E-state index contributed by atoms with van der Waals surface area (Å²) in [6, 6.07) is 9.67. The van der Waals surface area contributed by atoms with Crippen molar-refractivity contribution >= 4 is 0 Å². The van der Waals surface area contributed by atoms with Crippen LogP contribution in [0, 0.1) is 0 Å². The molecule has 1 aliphatic rings. The molecule has 0 aliphatic carbocycles. The molecule has 0 unspecified atom stereocenters. The number of piperidine rings is 1. The maximum absolute atomic E-state index is 9.89. The molecular formula is C15H23NO2. The lowest BCUT2D eigenvalue weighted by atomic mass is 10.1. The quantitative estimate of drug-likeness (QED) is 0.839. The van der Waals surface area contributed by atoms with Gasteiger partial charge in [-0.2, -0.15) is 0 Å². The fourth-order valence-electron chi connectivity index (χ4n) is 2.31. The number of ether oxygens (including phenoxy) is 1. The molecule has 3 heteroatoms. The van der Waals surface area contributed by atoms with Crippen molar-refractivity contribution in [3.05, 3.63) is 30.3 Å². The minimum Gasteiger partial charge on any atom is -0.491 e. The number of hydrogen-bond acceptors (Lipinski definition) is 3. The van der Waals surface area contributed by atoms with Crippen LogP contribution in [0.4, 0.5) is 0 Å². The van der Waals surface area contributed by atoms with Gasteiger partial charge in [-0.15, -0.1) is 0 Å². The zero-order valence-electron chi connectivity index (χ0n) is 10.9. The Morgan fingerprint density at radius 3 is 2.56 bits per heavy atom. The average molecular weight is 249 g/mol. The van der Waals surface area contributed by atoms with E-state index in [0.717, 1.165) is 18.7 Å². The number of benzene rings is 1. The number of likely N-dealkylation sites (tertiary alicyclic amines) is 1. The summed E-state index contributed by atoms with van der Waals surface area (Å²) in [6.45, 7) is 3.75. The Morgan fingerprint density at radius 2 is 1.83 bits per heavy atom. The third kappa shape index (κ3) is 4.67. The van der Waals surface area contributed by atoms with E-state index in [0.29, 0.717) is 6.61 Å². The van der Waals surface area contributed by atoms with Gasteiger partial charge in [0.25, 0.3) is 0 Å². The molecule has 18 heavy (non-hydrogen) atoms. The van der Waals surface area contributed by atoms with Crippen LogP contribution in [-0.4, -0.2) is 42.4 Å². The lowest BCUT2D eigenvalue weighted by molar-refractivity contribution is 0.0845. The number of nitrogens with zero attached hydrogens (tertiary/aromatic N) is 1. The minimum absolute atomic E-state index is 0.368. The Hall–Kier alpha value is -1.06. The van der Waals surface area contributed by atoms with Gasteiger partial charge in [-0.05, 0) is 44.5 Å². The summed E-state index contributed by atoms with van der Waals surface area (Å²) in [5.41, 5.74) is 0. The topological polar surface area (TPSA) is 32.7 Å². The van der Waals surface area contributed by atoms with E-state index in [1.807, 2.05) is 30.3 Å². The van der Waals surface area contributed by atoms with Crippen molar-refractivity contribution in [3.63, 3.8) is 0 Å². The second kappa shape index (κ2) is 7.39. The van der Waals surface area contributed by atoms with Crippen LogP contribution in [0.2, 0.25) is 0 Å². The predicted octanol–water partition coefficient (Wildman–Crippen LogP) is 2.30. The van der Waals surface area contributed by atoms with E-state index < -0.39 is 0 Å². The van der Waals surface area contributed by atoms with Crippen LogP contribution in [0.5, 0.6) is 5.75 Å². The first-order chi connectivity index (χ1) is 8.84. The molecule has 0 spiro atoms. The lowest BCUT2D eigenvalue weighted by Gasteiger charge is -2.27. The van der Waals surface area contributed by atoms with Gasteiger partial charge in [0, 0.05) is 6.54 Å². The summed E-state index contributed by atoms with van der Waals surface area (Å²) >= 11 is 0. The highest BCUT2D eigenvalue weighted by molar-refractivity contribution is 5.20. The fourth-order valence-corrected chi connectivity index (χ4v) is 2.31. The third-order valence-electron chi connectivity index (χ3n) is 3.41. The first-order valence-electron chi connectivity index (χ1n) is 6.93. The molecule has 1 aromatic rings. The van der Waals surface area contributed by atoms with E-state index >= 15 is 0 Å². The summed E-state index contributed by atoms with van der Waals surface area (Å²) in [7, 11) is 0. The van der Waals surface area contributed by atoms with Crippen molar-refractivity contribution in [3.8, 4) is 5.75 Å². The molecule has 2 rings (SSSR count). The highest BCUT2D eigenvalue weighted by atomic mass is 16.5. The summed E-state index contributed by atoms with van der Waals surface area (Å²) in [4.78, 5) is 2.44. The average Bonchev–Trinajstić information content (AvgIpc) is 2.45. The summed E-state index contributed by atoms with van der Waals surface area (Å²) in [6.07, 6.45) is 4.39. The third-order valence-corrected chi connectivity index (χ3v) is 3.41. The zero-order valence-corrected chi connectivity index (χ0v) is 10.9. The second-order valence-corrected chi connectivity index (χ2v) is 4.97. The van der Waals surface area contributed by atoms with Crippen molar-refractivity contribution in [2.24, 2.45) is 0 Å². The molecule has 1 aliphatic heterocycles. The molecule has 0 aromatic heterocycles. The van der Waals surface area contributed by atoms with Crippen molar-refractivity contribution < 1.29 is 9.84 Å². The molecule has 0 amide bonds. The van der Waals surface area contributed by atoms with Gasteiger partial charge >= 0.3 is 0 Å². The molecule has 1 heterocycles. The highest BCUT2D eigenvalue weighted by Gasteiger charge is 2.12. The van der Waals surface area contributed by atoms with Gasteiger partial charge in [-0.1, -0.05) is 24.6 Å². The van der Waals surface area contributed by atoms with Crippen LogP contribution >= 0.6 is 0 Å². The normalized spacial score (nSPS) is 18.5. The molecule has 1 fully saturated rings. The van der Waals surface area contributed by atoms with Crippen molar-refractivity contribution in [1.82, 2.24) is 4.90 Å². The molecule has 1 N–H and O–H groups in total. The molecule has 1 atom stereocenters. The Kier molecular flexibility index (Phi) is 5.49. The van der Waals surface area contributed by atoms with Crippen LogP contribution in [-0.2, 0) is 0 Å². The number of rotatable bonds is 6. The standard InChI is InChI=1S/C15H23NO2/c17-14(9-12-16-10-5-2-6-11-16)13-18-15-7-3-1-4-8-15/h1,3-4,7-8,14,17H,2,5-6,9-13H2/t14-/m0/s1. The lowest BCUT2D eigenvalue weighted by Crippen LogP contribution is -2.33. The van der Waals surface area contributed by atoms with Crippen molar-refractivity contribution in [2.45, 2.75) is 31.8 Å². The zero-order chi connectivity index (χ0) is 12.6. The van der Waals surface area contributed by atoms with E-state index in [1.165, 1.54) is 32.4 Å². The van der Waals surface area contributed by atoms with Gasteiger partial charge in [0.05, 0.1) is 6.10 Å². The van der Waals surface area contributed by atoms with Crippen LogP contribution in [0.3, 0.4) is 0 Å². The van der Waals surface area contributed by atoms with Gasteiger partial charge in [-0.3, -0.25) is 0 Å². The number of aliphatic hydroxyl groups excluding tert-OH is 1. The van der Waals surface area contributed by atoms with E-state index in [-0.39, 0.29) is 6.10 Å². The number of aliphatic hydroxyl groups is 1. The SMILES string of the molecule is O[C@@H](CCN1CCCCC1)COc1ccccc1. The highest BCUT2D eigenvalue weighted by Crippen LogP contribution is 2.11. The molecule has 0 bridgehead atoms.